The summed E-state index contributed by atoms with van der Waals surface area (Å²) in [5, 5.41) is 11.0. The molecule has 1 unspecified atom stereocenters. The Morgan fingerprint density at radius 3 is 2.44 bits per heavy atom. The maximum absolute atomic E-state index is 11.7. The Morgan fingerprint density at radius 2 is 2.00 bits per heavy atom. The van der Waals surface area contributed by atoms with E-state index in [1.165, 1.54) is 0 Å². The number of halogens is 3. The average Bonchev–Trinajstić information content (AvgIpc) is 2.21. The summed E-state index contributed by atoms with van der Waals surface area (Å²) >= 11 is 0. The van der Waals surface area contributed by atoms with E-state index in [0.29, 0.717) is 12.8 Å². The van der Waals surface area contributed by atoms with E-state index in [9.17, 15) is 22.8 Å². The Balaban J connectivity index is 3.84. The molecule has 0 heterocycles. The van der Waals surface area contributed by atoms with Crippen LogP contribution in [0.1, 0.15) is 19.8 Å². The van der Waals surface area contributed by atoms with Crippen LogP contribution in [0, 0.1) is 5.92 Å². The fourth-order valence-corrected chi connectivity index (χ4v) is 1.21. The molecule has 0 aromatic carbocycles. The fraction of sp³-hybridized carbons (Fsp3) is 0.800. The molecule has 5 nitrogen and oxygen atoms in total. The lowest BCUT2D eigenvalue weighted by molar-refractivity contribution is -0.175. The van der Waals surface area contributed by atoms with Gasteiger partial charge < -0.3 is 15.2 Å². The summed E-state index contributed by atoms with van der Waals surface area (Å²) in [6, 6.07) is 0. The minimum Gasteiger partial charge on any atom is -0.481 e. The molecule has 1 amide bonds. The largest absolute Gasteiger partial charge is 0.481 e. The monoisotopic (exact) mass is 271 g/mol. The lowest BCUT2D eigenvalue weighted by atomic mass is 10.0. The highest BCUT2D eigenvalue weighted by Crippen LogP contribution is 2.14. The van der Waals surface area contributed by atoms with E-state index in [2.05, 4.69) is 10.1 Å². The van der Waals surface area contributed by atoms with Crippen LogP contribution in [0.25, 0.3) is 0 Å². The van der Waals surface area contributed by atoms with Gasteiger partial charge in [-0.05, 0) is 6.42 Å². The summed E-state index contributed by atoms with van der Waals surface area (Å²) in [6.45, 7) is -0.558. The van der Waals surface area contributed by atoms with Crippen LogP contribution in [0.2, 0.25) is 0 Å². The third kappa shape index (κ3) is 8.80. The maximum Gasteiger partial charge on any atom is 0.411 e. The Labute approximate surface area is 102 Å². The van der Waals surface area contributed by atoms with Gasteiger partial charge >= 0.3 is 12.1 Å². The smallest absolute Gasteiger partial charge is 0.411 e. The van der Waals surface area contributed by atoms with Gasteiger partial charge in [0.05, 0.1) is 5.92 Å². The Bertz CT molecular complexity index is 281. The van der Waals surface area contributed by atoms with Gasteiger partial charge in [-0.25, -0.2) is 0 Å². The lowest BCUT2D eigenvalue weighted by Crippen LogP contribution is -2.35. The Hall–Kier alpha value is -1.31. The first-order chi connectivity index (χ1) is 8.26. The molecular weight excluding hydrogens is 255 g/mol. The summed E-state index contributed by atoms with van der Waals surface area (Å²) in [5.74, 6) is -2.54. The van der Waals surface area contributed by atoms with E-state index in [4.69, 9.17) is 5.11 Å². The number of hydrogen-bond acceptors (Lipinski definition) is 3. The zero-order valence-corrected chi connectivity index (χ0v) is 9.92. The van der Waals surface area contributed by atoms with E-state index < -0.39 is 37.2 Å². The second-order valence-corrected chi connectivity index (χ2v) is 3.74. The van der Waals surface area contributed by atoms with Crippen molar-refractivity contribution >= 4 is 11.9 Å². The van der Waals surface area contributed by atoms with Gasteiger partial charge in [0.2, 0.25) is 5.91 Å². The first-order valence-corrected chi connectivity index (χ1v) is 5.40. The Morgan fingerprint density at radius 1 is 1.39 bits per heavy atom. The number of carbonyl (C=O) groups excluding carboxylic acids is 1. The van der Waals surface area contributed by atoms with Crippen molar-refractivity contribution in [3.05, 3.63) is 0 Å². The molecular formula is C10H16F3NO4. The van der Waals surface area contributed by atoms with Crippen LogP contribution in [0.5, 0.6) is 0 Å². The topological polar surface area (TPSA) is 75.6 Å². The molecule has 0 saturated carbocycles. The van der Waals surface area contributed by atoms with Crippen molar-refractivity contribution in [2.24, 2.45) is 5.92 Å². The van der Waals surface area contributed by atoms with Crippen LogP contribution in [-0.4, -0.2) is 42.9 Å². The summed E-state index contributed by atoms with van der Waals surface area (Å²) in [5.41, 5.74) is 0. The van der Waals surface area contributed by atoms with Gasteiger partial charge in [0.25, 0.3) is 0 Å². The van der Waals surface area contributed by atoms with E-state index in [1.54, 1.807) is 6.92 Å². The molecule has 0 aromatic rings. The molecule has 2 N–H and O–H groups in total. The molecule has 0 spiro atoms. The molecule has 1 atom stereocenters. The highest BCUT2D eigenvalue weighted by Gasteiger charge is 2.27. The number of aliphatic carboxylic acids is 1. The number of amides is 1. The molecule has 106 valence electrons. The number of hydrogen-bond donors (Lipinski definition) is 2. The first kappa shape index (κ1) is 16.7. The highest BCUT2D eigenvalue weighted by molar-refractivity contribution is 5.78. The highest BCUT2D eigenvalue weighted by atomic mass is 19.4. The van der Waals surface area contributed by atoms with Gasteiger partial charge in [0.15, 0.2) is 0 Å². The van der Waals surface area contributed by atoms with Gasteiger partial charge in [-0.3, -0.25) is 9.59 Å². The zero-order chi connectivity index (χ0) is 14.2. The molecule has 0 aromatic heterocycles. The maximum atomic E-state index is 11.7. The SMILES string of the molecule is CCCC(CNC(=O)COCC(F)(F)F)C(=O)O. The van der Waals surface area contributed by atoms with Crippen molar-refractivity contribution in [1.82, 2.24) is 5.32 Å². The molecule has 0 fully saturated rings. The van der Waals surface area contributed by atoms with Gasteiger partial charge in [-0.2, -0.15) is 13.2 Å². The van der Waals surface area contributed by atoms with Crippen molar-refractivity contribution in [2.45, 2.75) is 25.9 Å². The third-order valence-corrected chi connectivity index (χ3v) is 2.03. The predicted molar refractivity (Wildman–Crippen MR) is 55.9 cm³/mol. The van der Waals surface area contributed by atoms with E-state index >= 15 is 0 Å². The predicted octanol–water partition coefficient (Wildman–Crippen LogP) is 1.18. The van der Waals surface area contributed by atoms with Gasteiger partial charge in [0, 0.05) is 6.54 Å². The van der Waals surface area contributed by atoms with Gasteiger partial charge in [-0.15, -0.1) is 0 Å². The van der Waals surface area contributed by atoms with Crippen LogP contribution in [0.15, 0.2) is 0 Å². The third-order valence-electron chi connectivity index (χ3n) is 2.03. The molecule has 0 aliphatic carbocycles. The van der Waals surface area contributed by atoms with Crippen molar-refractivity contribution in [2.75, 3.05) is 19.8 Å². The van der Waals surface area contributed by atoms with E-state index in [-0.39, 0.29) is 6.54 Å². The van der Waals surface area contributed by atoms with Gasteiger partial charge in [-0.1, -0.05) is 13.3 Å². The standard InChI is InChI=1S/C10H16F3NO4/c1-2-3-7(9(16)17)4-14-8(15)5-18-6-10(11,12)13/h7H,2-6H2,1H3,(H,14,15)(H,16,17). The first-order valence-electron chi connectivity index (χ1n) is 5.40. The second kappa shape index (κ2) is 7.91. The number of nitrogens with one attached hydrogen (secondary N) is 1. The second-order valence-electron chi connectivity index (χ2n) is 3.74. The minimum absolute atomic E-state index is 0.114. The quantitative estimate of drug-likeness (QED) is 0.695. The van der Waals surface area contributed by atoms with Crippen molar-refractivity contribution in [3.63, 3.8) is 0 Å². The van der Waals surface area contributed by atoms with E-state index in [1.807, 2.05) is 0 Å². The summed E-state index contributed by atoms with van der Waals surface area (Å²) < 4.78 is 39.2. The van der Waals surface area contributed by atoms with Crippen molar-refractivity contribution in [1.29, 1.82) is 0 Å². The lowest BCUT2D eigenvalue weighted by Gasteiger charge is -2.12. The van der Waals surface area contributed by atoms with Gasteiger partial charge in [0.1, 0.15) is 13.2 Å². The fourth-order valence-electron chi connectivity index (χ4n) is 1.21. The number of rotatable bonds is 8. The molecule has 8 heteroatoms. The summed E-state index contributed by atoms with van der Waals surface area (Å²) in [6.07, 6.45) is -3.46. The number of carboxylic acids is 1. The van der Waals surface area contributed by atoms with E-state index in [0.717, 1.165) is 0 Å². The van der Waals surface area contributed by atoms with Crippen molar-refractivity contribution < 1.29 is 32.6 Å². The zero-order valence-electron chi connectivity index (χ0n) is 9.92. The molecule has 0 bridgehead atoms. The van der Waals surface area contributed by atoms with Crippen LogP contribution in [0.4, 0.5) is 13.2 Å². The Kier molecular flexibility index (Phi) is 7.33. The van der Waals surface area contributed by atoms with Crippen molar-refractivity contribution in [3.8, 4) is 0 Å². The molecule has 18 heavy (non-hydrogen) atoms. The normalized spacial score (nSPS) is 13.1. The minimum atomic E-state index is -4.48. The van der Waals surface area contributed by atoms with Crippen LogP contribution in [0.3, 0.4) is 0 Å². The summed E-state index contributed by atoms with van der Waals surface area (Å²) in [7, 11) is 0. The molecule has 0 saturated heterocycles. The number of ether oxygens (including phenoxy) is 1. The number of carboxylic acid groups (broad SMARTS) is 1. The molecule has 0 aliphatic heterocycles. The van der Waals surface area contributed by atoms with Crippen LogP contribution < -0.4 is 5.32 Å². The molecule has 0 rings (SSSR count). The number of carbonyl (C=O) groups is 2. The summed E-state index contributed by atoms with van der Waals surface area (Å²) in [4.78, 5) is 21.8. The molecule has 0 aliphatic rings. The molecule has 0 radical (unpaired) electrons. The average molecular weight is 271 g/mol. The number of alkyl halides is 3. The van der Waals surface area contributed by atoms with Crippen LogP contribution >= 0.6 is 0 Å². The van der Waals surface area contributed by atoms with Crippen LogP contribution in [-0.2, 0) is 14.3 Å².